The van der Waals surface area contributed by atoms with Crippen molar-refractivity contribution in [2.24, 2.45) is 0 Å². The van der Waals surface area contributed by atoms with E-state index in [2.05, 4.69) is 65.9 Å². The second kappa shape index (κ2) is 10.6. The highest BCUT2D eigenvalue weighted by molar-refractivity contribution is 7.80. The van der Waals surface area contributed by atoms with Gasteiger partial charge in [-0.1, -0.05) is 30.3 Å². The first-order valence-electron chi connectivity index (χ1n) is 13.4. The van der Waals surface area contributed by atoms with Crippen LogP contribution in [-0.2, 0) is 0 Å². The van der Waals surface area contributed by atoms with Gasteiger partial charge in [0.15, 0.2) is 5.11 Å². The van der Waals surface area contributed by atoms with Crippen LogP contribution in [0.15, 0.2) is 97.3 Å². The van der Waals surface area contributed by atoms with Crippen LogP contribution < -0.4 is 15.0 Å². The number of ether oxygens (including phenoxy) is 1. The molecule has 40 heavy (non-hydrogen) atoms. The summed E-state index contributed by atoms with van der Waals surface area (Å²) in [5.74, 6) is 2.56. The lowest BCUT2D eigenvalue weighted by atomic mass is 9.96. The number of aryl methyl sites for hydroxylation is 3. The van der Waals surface area contributed by atoms with Gasteiger partial charge in [-0.05, 0) is 111 Å². The van der Waals surface area contributed by atoms with Crippen molar-refractivity contribution in [2.75, 3.05) is 4.90 Å². The lowest BCUT2D eigenvalue weighted by Gasteiger charge is -2.28. The largest absolute Gasteiger partial charge is 0.457 e. The summed E-state index contributed by atoms with van der Waals surface area (Å²) in [6.07, 6.45) is 3.68. The number of hydrogen-bond acceptors (Lipinski definition) is 4. The van der Waals surface area contributed by atoms with E-state index in [1.807, 2.05) is 73.9 Å². The fourth-order valence-corrected chi connectivity index (χ4v) is 5.89. The predicted octanol–water partition coefficient (Wildman–Crippen LogP) is 7.47. The Balaban J connectivity index is 1.42. The molecule has 3 aromatic heterocycles. The van der Waals surface area contributed by atoms with Crippen LogP contribution in [0.4, 0.5) is 5.69 Å². The Kier molecular flexibility index (Phi) is 6.82. The third-order valence-electron chi connectivity index (χ3n) is 7.52. The van der Waals surface area contributed by atoms with Gasteiger partial charge in [-0.2, -0.15) is 0 Å². The maximum Gasteiger partial charge on any atom is 0.174 e. The molecular formula is C33H31N5OS. The van der Waals surface area contributed by atoms with E-state index >= 15 is 0 Å². The molecule has 0 unspecified atom stereocenters. The van der Waals surface area contributed by atoms with Crippen molar-refractivity contribution in [1.29, 1.82) is 0 Å². The smallest absolute Gasteiger partial charge is 0.174 e. The first-order valence-corrected chi connectivity index (χ1v) is 13.8. The Morgan fingerprint density at radius 3 is 2.25 bits per heavy atom. The molecule has 5 aromatic rings. The Morgan fingerprint density at radius 2 is 1.52 bits per heavy atom. The van der Waals surface area contributed by atoms with Crippen molar-refractivity contribution in [3.05, 3.63) is 131 Å². The van der Waals surface area contributed by atoms with E-state index in [9.17, 15) is 0 Å². The minimum Gasteiger partial charge on any atom is -0.457 e. The van der Waals surface area contributed by atoms with E-state index in [1.54, 1.807) is 0 Å². The normalized spacial score (nSPS) is 16.7. The van der Waals surface area contributed by atoms with Crippen molar-refractivity contribution >= 4 is 23.0 Å². The fraction of sp³-hybridized carbons (Fsp3) is 0.182. The van der Waals surface area contributed by atoms with Gasteiger partial charge in [-0.15, -0.1) is 0 Å². The molecule has 0 saturated carbocycles. The number of hydrogen-bond donors (Lipinski definition) is 1. The summed E-state index contributed by atoms with van der Waals surface area (Å²) in [6, 6.07) is 28.2. The molecule has 1 fully saturated rings. The lowest BCUT2D eigenvalue weighted by Crippen LogP contribution is -2.29. The van der Waals surface area contributed by atoms with Crippen LogP contribution in [0, 0.1) is 27.7 Å². The molecule has 1 aliphatic heterocycles. The van der Waals surface area contributed by atoms with Gasteiger partial charge in [0, 0.05) is 29.5 Å². The number of nitrogens with one attached hydrogen (secondary N) is 1. The van der Waals surface area contributed by atoms with Gasteiger partial charge in [-0.3, -0.25) is 4.98 Å². The van der Waals surface area contributed by atoms with Crippen LogP contribution in [0.25, 0.3) is 5.82 Å². The minimum atomic E-state index is -0.129. The maximum atomic E-state index is 6.17. The van der Waals surface area contributed by atoms with Crippen molar-refractivity contribution in [3.8, 4) is 17.3 Å². The van der Waals surface area contributed by atoms with E-state index < -0.39 is 0 Å². The van der Waals surface area contributed by atoms with Crippen LogP contribution in [0.5, 0.6) is 11.5 Å². The zero-order valence-corrected chi connectivity index (χ0v) is 23.8. The molecule has 0 radical (unpaired) electrons. The van der Waals surface area contributed by atoms with Crippen molar-refractivity contribution < 1.29 is 4.74 Å². The Bertz CT molecular complexity index is 1680. The molecule has 7 heteroatoms. The molecule has 0 bridgehead atoms. The van der Waals surface area contributed by atoms with Gasteiger partial charge >= 0.3 is 0 Å². The third-order valence-corrected chi connectivity index (χ3v) is 7.83. The van der Waals surface area contributed by atoms with Crippen LogP contribution in [0.2, 0.25) is 0 Å². The minimum absolute atomic E-state index is 0.116. The van der Waals surface area contributed by atoms with Gasteiger partial charge < -0.3 is 19.5 Å². The number of aromatic nitrogens is 3. The number of para-hydroxylation sites is 1. The summed E-state index contributed by atoms with van der Waals surface area (Å²) < 4.78 is 8.40. The molecule has 1 aliphatic rings. The molecule has 0 amide bonds. The molecule has 4 heterocycles. The fourth-order valence-electron chi connectivity index (χ4n) is 5.55. The van der Waals surface area contributed by atoms with E-state index in [4.69, 9.17) is 26.9 Å². The molecule has 6 rings (SSSR count). The third kappa shape index (κ3) is 4.62. The molecule has 2 aromatic carbocycles. The van der Waals surface area contributed by atoms with Gasteiger partial charge in [0.05, 0.1) is 17.8 Å². The summed E-state index contributed by atoms with van der Waals surface area (Å²) in [6.45, 7) is 8.42. The highest BCUT2D eigenvalue weighted by atomic mass is 32.1. The first-order chi connectivity index (χ1) is 19.4. The van der Waals surface area contributed by atoms with Crippen LogP contribution in [0.3, 0.4) is 0 Å². The summed E-state index contributed by atoms with van der Waals surface area (Å²) >= 11 is 5.97. The summed E-state index contributed by atoms with van der Waals surface area (Å²) in [5.41, 5.74) is 7.56. The SMILES string of the molecule is Cc1ccccc1Oc1ccc(N2C(=S)N[C@@H](c3ccccn3)[C@@H]2c2cc(C)n(-c3ncccc3C)c2C)cc1. The zero-order valence-electron chi connectivity index (χ0n) is 23.0. The molecule has 1 saturated heterocycles. The van der Waals surface area contributed by atoms with Gasteiger partial charge in [0.1, 0.15) is 17.3 Å². The van der Waals surface area contributed by atoms with Crippen LogP contribution in [0.1, 0.15) is 45.9 Å². The quantitative estimate of drug-likeness (QED) is 0.223. The van der Waals surface area contributed by atoms with Gasteiger partial charge in [-0.25, -0.2) is 4.98 Å². The molecule has 1 N–H and O–H groups in total. The zero-order chi connectivity index (χ0) is 27.8. The Labute approximate surface area is 240 Å². The second-order valence-corrected chi connectivity index (χ2v) is 10.6. The average Bonchev–Trinajstić information content (AvgIpc) is 3.46. The molecule has 6 nitrogen and oxygen atoms in total. The molecular weight excluding hydrogens is 514 g/mol. The molecule has 0 spiro atoms. The Morgan fingerprint density at radius 1 is 0.800 bits per heavy atom. The second-order valence-electron chi connectivity index (χ2n) is 10.2. The topological polar surface area (TPSA) is 55.2 Å². The lowest BCUT2D eigenvalue weighted by molar-refractivity contribution is 0.479. The molecule has 0 aliphatic carbocycles. The summed E-state index contributed by atoms with van der Waals surface area (Å²) in [7, 11) is 0. The standard InChI is InChI=1S/C33H31N5OS/c1-21-10-5-6-13-29(21)39-26-16-14-25(15-17-26)38-31(30(36-33(38)40)28-12-7-8-18-34-28)27-20-23(3)37(24(27)4)32-22(2)11-9-19-35-32/h5-20,30-31H,1-4H3,(H,36,40)/t30-,31-/m0/s1. The number of pyridine rings is 2. The monoisotopic (exact) mass is 545 g/mol. The van der Waals surface area contributed by atoms with E-state index in [0.717, 1.165) is 51.2 Å². The number of rotatable bonds is 6. The van der Waals surface area contributed by atoms with Crippen molar-refractivity contribution in [1.82, 2.24) is 19.9 Å². The number of anilines is 1. The Hall–Kier alpha value is -4.49. The van der Waals surface area contributed by atoms with E-state index in [1.165, 1.54) is 5.56 Å². The van der Waals surface area contributed by atoms with Crippen LogP contribution in [-0.4, -0.2) is 19.6 Å². The predicted molar refractivity (Wildman–Crippen MR) is 163 cm³/mol. The first kappa shape index (κ1) is 25.8. The number of thiocarbonyl (C=S) groups is 1. The highest BCUT2D eigenvalue weighted by Gasteiger charge is 2.42. The molecule has 200 valence electrons. The van der Waals surface area contributed by atoms with E-state index in [-0.39, 0.29) is 12.1 Å². The van der Waals surface area contributed by atoms with Gasteiger partial charge in [0.25, 0.3) is 0 Å². The van der Waals surface area contributed by atoms with Gasteiger partial charge in [0.2, 0.25) is 0 Å². The summed E-state index contributed by atoms with van der Waals surface area (Å²) in [5, 5.41) is 4.23. The van der Waals surface area contributed by atoms with Crippen molar-refractivity contribution in [2.45, 2.75) is 39.8 Å². The summed E-state index contributed by atoms with van der Waals surface area (Å²) in [4.78, 5) is 11.6. The van der Waals surface area contributed by atoms with Crippen molar-refractivity contribution in [3.63, 3.8) is 0 Å². The highest BCUT2D eigenvalue weighted by Crippen LogP contribution is 2.44. The maximum absolute atomic E-state index is 6.17. The van der Waals surface area contributed by atoms with Crippen LogP contribution >= 0.6 is 12.2 Å². The molecule has 2 atom stereocenters. The van der Waals surface area contributed by atoms with E-state index in [0.29, 0.717) is 5.11 Å². The number of nitrogens with zero attached hydrogens (tertiary/aromatic N) is 4. The number of benzene rings is 2. The average molecular weight is 546 g/mol.